The maximum absolute atomic E-state index is 5.49. The number of nitrogens with zero attached hydrogens (tertiary/aromatic N) is 1. The summed E-state index contributed by atoms with van der Waals surface area (Å²) in [5.74, 6) is 0. The Morgan fingerprint density at radius 1 is 1.24 bits per heavy atom. The molecule has 0 saturated carbocycles. The van der Waals surface area contributed by atoms with Gasteiger partial charge in [0.1, 0.15) is 0 Å². The van der Waals surface area contributed by atoms with E-state index < -0.39 is 0 Å². The zero-order valence-corrected chi connectivity index (χ0v) is 11.4. The van der Waals surface area contributed by atoms with Gasteiger partial charge in [-0.15, -0.1) is 0 Å². The third kappa shape index (κ3) is 2.81. The molecule has 1 N–H and O–H groups in total. The minimum Gasteiger partial charge on any atom is -0.377 e. The summed E-state index contributed by atoms with van der Waals surface area (Å²) in [5.41, 5.74) is 0.334. The molecule has 2 saturated heterocycles. The molecular formula is C13H26N2O2. The van der Waals surface area contributed by atoms with Gasteiger partial charge in [0.25, 0.3) is 0 Å². The predicted molar refractivity (Wildman–Crippen MR) is 68.3 cm³/mol. The zero-order valence-electron chi connectivity index (χ0n) is 11.4. The summed E-state index contributed by atoms with van der Waals surface area (Å²) in [6.07, 6.45) is 4.28. The van der Waals surface area contributed by atoms with Crippen LogP contribution < -0.4 is 5.32 Å². The Labute approximate surface area is 105 Å². The Kier molecular flexibility index (Phi) is 4.42. The average Bonchev–Trinajstić information content (AvgIpc) is 2.96. The number of methoxy groups -OCH3 is 2. The van der Waals surface area contributed by atoms with Gasteiger partial charge in [-0.3, -0.25) is 4.90 Å². The van der Waals surface area contributed by atoms with Crippen molar-refractivity contribution in [1.82, 2.24) is 10.2 Å². The standard InChI is InChI=1S/C13H26N2O2/c1-4-13(6-5-7-14-13)10-15-8-11(16-2)12(9-15)17-3/h11-12,14H,4-10H2,1-3H3. The minimum atomic E-state index is 0.232. The first kappa shape index (κ1) is 13.3. The van der Waals surface area contributed by atoms with E-state index in [4.69, 9.17) is 9.47 Å². The number of hydrogen-bond donors (Lipinski definition) is 1. The molecule has 0 aromatic rings. The van der Waals surface area contributed by atoms with E-state index in [2.05, 4.69) is 17.1 Å². The molecular weight excluding hydrogens is 216 g/mol. The van der Waals surface area contributed by atoms with Gasteiger partial charge in [-0.05, 0) is 25.8 Å². The first-order chi connectivity index (χ1) is 8.23. The summed E-state index contributed by atoms with van der Waals surface area (Å²) in [7, 11) is 3.56. The summed E-state index contributed by atoms with van der Waals surface area (Å²) >= 11 is 0. The van der Waals surface area contributed by atoms with Crippen LogP contribution >= 0.6 is 0 Å². The van der Waals surface area contributed by atoms with Crippen molar-refractivity contribution in [3.8, 4) is 0 Å². The van der Waals surface area contributed by atoms with Gasteiger partial charge < -0.3 is 14.8 Å². The second-order valence-corrected chi connectivity index (χ2v) is 5.41. The molecule has 0 radical (unpaired) electrons. The number of rotatable bonds is 5. The van der Waals surface area contributed by atoms with Crippen LogP contribution in [0.3, 0.4) is 0 Å². The fourth-order valence-electron chi connectivity index (χ4n) is 3.25. The van der Waals surface area contributed by atoms with Crippen molar-refractivity contribution in [3.63, 3.8) is 0 Å². The van der Waals surface area contributed by atoms with E-state index in [1.165, 1.54) is 25.8 Å². The van der Waals surface area contributed by atoms with E-state index in [1.807, 2.05) is 0 Å². The summed E-state index contributed by atoms with van der Waals surface area (Å²) in [6.45, 7) is 6.58. The van der Waals surface area contributed by atoms with Crippen molar-refractivity contribution in [3.05, 3.63) is 0 Å². The fourth-order valence-corrected chi connectivity index (χ4v) is 3.25. The summed E-state index contributed by atoms with van der Waals surface area (Å²) in [4.78, 5) is 2.49. The predicted octanol–water partition coefficient (Wildman–Crippen LogP) is 0.864. The van der Waals surface area contributed by atoms with E-state index in [-0.39, 0.29) is 12.2 Å². The molecule has 4 heteroatoms. The van der Waals surface area contributed by atoms with Crippen LogP contribution in [0.15, 0.2) is 0 Å². The Morgan fingerprint density at radius 3 is 2.29 bits per heavy atom. The molecule has 2 fully saturated rings. The maximum Gasteiger partial charge on any atom is 0.0971 e. The highest BCUT2D eigenvalue weighted by molar-refractivity contribution is 4.97. The molecule has 3 atom stereocenters. The topological polar surface area (TPSA) is 33.7 Å². The third-order valence-corrected chi connectivity index (χ3v) is 4.43. The largest absolute Gasteiger partial charge is 0.377 e. The Morgan fingerprint density at radius 2 is 1.88 bits per heavy atom. The molecule has 2 rings (SSSR count). The van der Waals surface area contributed by atoms with Crippen LogP contribution in [0.2, 0.25) is 0 Å². The van der Waals surface area contributed by atoms with Gasteiger partial charge in [0.2, 0.25) is 0 Å². The second kappa shape index (κ2) is 5.65. The fraction of sp³-hybridized carbons (Fsp3) is 1.00. The van der Waals surface area contributed by atoms with Crippen LogP contribution in [0.1, 0.15) is 26.2 Å². The molecule has 0 bridgehead atoms. The third-order valence-electron chi connectivity index (χ3n) is 4.43. The lowest BCUT2D eigenvalue weighted by Crippen LogP contribution is -2.49. The van der Waals surface area contributed by atoms with Gasteiger partial charge in [0.05, 0.1) is 12.2 Å². The SMILES string of the molecule is CCC1(CN2CC(OC)C(OC)C2)CCCN1. The number of nitrogens with one attached hydrogen (secondary N) is 1. The molecule has 4 nitrogen and oxygen atoms in total. The van der Waals surface area contributed by atoms with Gasteiger partial charge in [0.15, 0.2) is 0 Å². The number of likely N-dealkylation sites (tertiary alicyclic amines) is 1. The summed E-state index contributed by atoms with van der Waals surface area (Å²) in [5, 5.41) is 3.69. The molecule has 0 aromatic heterocycles. The summed E-state index contributed by atoms with van der Waals surface area (Å²) in [6, 6.07) is 0. The average molecular weight is 242 g/mol. The van der Waals surface area contributed by atoms with Crippen LogP contribution in [-0.2, 0) is 9.47 Å². The molecule has 0 amide bonds. The van der Waals surface area contributed by atoms with Crippen molar-refractivity contribution in [2.45, 2.75) is 43.9 Å². The molecule has 17 heavy (non-hydrogen) atoms. The molecule has 0 aliphatic carbocycles. The van der Waals surface area contributed by atoms with Crippen molar-refractivity contribution < 1.29 is 9.47 Å². The first-order valence-electron chi connectivity index (χ1n) is 6.76. The van der Waals surface area contributed by atoms with E-state index in [1.54, 1.807) is 14.2 Å². The van der Waals surface area contributed by atoms with Crippen LogP contribution in [-0.4, -0.2) is 63.0 Å². The van der Waals surface area contributed by atoms with Crippen molar-refractivity contribution in [2.75, 3.05) is 40.4 Å². The lowest BCUT2D eigenvalue weighted by Gasteiger charge is -2.33. The summed E-state index contributed by atoms with van der Waals surface area (Å²) < 4.78 is 11.0. The quantitative estimate of drug-likeness (QED) is 0.775. The zero-order chi connectivity index (χ0) is 12.3. The van der Waals surface area contributed by atoms with E-state index >= 15 is 0 Å². The molecule has 2 heterocycles. The van der Waals surface area contributed by atoms with E-state index in [9.17, 15) is 0 Å². The van der Waals surface area contributed by atoms with Crippen LogP contribution in [0.5, 0.6) is 0 Å². The molecule has 2 aliphatic heterocycles. The highest BCUT2D eigenvalue weighted by Crippen LogP contribution is 2.26. The minimum absolute atomic E-state index is 0.232. The maximum atomic E-state index is 5.49. The monoisotopic (exact) mass is 242 g/mol. The number of ether oxygens (including phenoxy) is 2. The Bertz CT molecular complexity index is 230. The van der Waals surface area contributed by atoms with Crippen molar-refractivity contribution >= 4 is 0 Å². The Hall–Kier alpha value is -0.160. The Balaban J connectivity index is 1.91. The first-order valence-corrected chi connectivity index (χ1v) is 6.76. The van der Waals surface area contributed by atoms with Crippen LogP contribution in [0, 0.1) is 0 Å². The normalized spacial score (nSPS) is 39.0. The lowest BCUT2D eigenvalue weighted by atomic mass is 9.93. The molecule has 3 unspecified atom stereocenters. The van der Waals surface area contributed by atoms with Crippen LogP contribution in [0.4, 0.5) is 0 Å². The molecule has 0 spiro atoms. The molecule has 0 aromatic carbocycles. The van der Waals surface area contributed by atoms with Crippen molar-refractivity contribution in [2.24, 2.45) is 0 Å². The van der Waals surface area contributed by atoms with E-state index in [0.717, 1.165) is 19.6 Å². The number of hydrogen-bond acceptors (Lipinski definition) is 4. The second-order valence-electron chi connectivity index (χ2n) is 5.41. The van der Waals surface area contributed by atoms with Gasteiger partial charge in [-0.2, -0.15) is 0 Å². The van der Waals surface area contributed by atoms with Gasteiger partial charge in [0, 0.05) is 39.4 Å². The molecule has 2 aliphatic rings. The van der Waals surface area contributed by atoms with Gasteiger partial charge in [-0.25, -0.2) is 0 Å². The molecule has 100 valence electrons. The van der Waals surface area contributed by atoms with Crippen LogP contribution in [0.25, 0.3) is 0 Å². The van der Waals surface area contributed by atoms with Crippen molar-refractivity contribution in [1.29, 1.82) is 0 Å². The highest BCUT2D eigenvalue weighted by Gasteiger charge is 2.39. The highest BCUT2D eigenvalue weighted by atomic mass is 16.5. The smallest absolute Gasteiger partial charge is 0.0971 e. The van der Waals surface area contributed by atoms with E-state index in [0.29, 0.717) is 5.54 Å². The lowest BCUT2D eigenvalue weighted by molar-refractivity contribution is -0.00461. The van der Waals surface area contributed by atoms with Gasteiger partial charge in [-0.1, -0.05) is 6.92 Å². The van der Waals surface area contributed by atoms with Gasteiger partial charge >= 0.3 is 0 Å².